The summed E-state index contributed by atoms with van der Waals surface area (Å²) < 4.78 is 0. The van der Waals surface area contributed by atoms with Crippen molar-refractivity contribution in [3.05, 3.63) is 54.7 Å². The Hall–Kier alpha value is -2.94. The lowest BCUT2D eigenvalue weighted by atomic mass is 9.97. The molecule has 5 rings (SSSR count). The average Bonchev–Trinajstić information content (AvgIpc) is 2.55. The molecule has 4 aromatic rings. The largest absolute Gasteiger partial charge is 0.344 e. The van der Waals surface area contributed by atoms with Gasteiger partial charge in [-0.15, -0.1) is 0 Å². The predicted molar refractivity (Wildman–Crippen MR) is 88.5 cm³/mol. The summed E-state index contributed by atoms with van der Waals surface area (Å²) in [4.78, 5) is 9.12. The molecule has 0 saturated heterocycles. The van der Waals surface area contributed by atoms with Gasteiger partial charge in [-0.1, -0.05) is 30.3 Å². The molecular weight excluding hydrogens is 258 g/mol. The number of aromatic nitrogens is 1. The number of nitrogens with one attached hydrogen (secondary N) is 1. The highest BCUT2D eigenvalue weighted by atomic mass is 15.0. The van der Waals surface area contributed by atoms with E-state index in [0.717, 1.165) is 27.7 Å². The van der Waals surface area contributed by atoms with E-state index in [1.165, 1.54) is 16.2 Å². The second-order valence-electron chi connectivity index (χ2n) is 5.27. The molecule has 0 bridgehead atoms. The third-order valence-corrected chi connectivity index (χ3v) is 4.09. The SMILES string of the molecule is C1=Nc2c3ccccc3cc3cc4cccnc4c(c23)N1. The molecule has 1 N–H and O–H groups in total. The van der Waals surface area contributed by atoms with Crippen molar-refractivity contribution in [2.45, 2.75) is 0 Å². The van der Waals surface area contributed by atoms with Gasteiger partial charge in [0.25, 0.3) is 0 Å². The average molecular weight is 269 g/mol. The first kappa shape index (κ1) is 10.8. The van der Waals surface area contributed by atoms with Gasteiger partial charge < -0.3 is 5.32 Å². The molecule has 3 aromatic carbocycles. The van der Waals surface area contributed by atoms with Crippen LogP contribution in [0, 0.1) is 0 Å². The number of nitrogens with zero attached hydrogens (tertiary/aromatic N) is 2. The molecule has 21 heavy (non-hydrogen) atoms. The van der Waals surface area contributed by atoms with Crippen LogP contribution in [0.3, 0.4) is 0 Å². The fourth-order valence-electron chi connectivity index (χ4n) is 3.19. The highest BCUT2D eigenvalue weighted by molar-refractivity contribution is 6.23. The van der Waals surface area contributed by atoms with Crippen LogP contribution in [0.5, 0.6) is 0 Å². The maximum Gasteiger partial charge on any atom is 0.0944 e. The minimum Gasteiger partial charge on any atom is -0.344 e. The zero-order valence-corrected chi connectivity index (χ0v) is 11.2. The van der Waals surface area contributed by atoms with Gasteiger partial charge in [0, 0.05) is 22.4 Å². The van der Waals surface area contributed by atoms with E-state index in [1.807, 2.05) is 12.3 Å². The van der Waals surface area contributed by atoms with Crippen LogP contribution >= 0.6 is 0 Å². The van der Waals surface area contributed by atoms with E-state index < -0.39 is 0 Å². The van der Waals surface area contributed by atoms with Gasteiger partial charge in [0.1, 0.15) is 0 Å². The molecule has 1 aliphatic heterocycles. The quantitative estimate of drug-likeness (QED) is 0.473. The lowest BCUT2D eigenvalue weighted by molar-refractivity contribution is 1.41. The first-order valence-corrected chi connectivity index (χ1v) is 6.94. The summed E-state index contributed by atoms with van der Waals surface area (Å²) in [6.45, 7) is 0. The van der Waals surface area contributed by atoms with Gasteiger partial charge in [0.15, 0.2) is 0 Å². The van der Waals surface area contributed by atoms with E-state index in [0.29, 0.717) is 0 Å². The zero-order valence-electron chi connectivity index (χ0n) is 11.2. The molecule has 0 aliphatic carbocycles. The van der Waals surface area contributed by atoms with Crippen LogP contribution in [0.25, 0.3) is 32.4 Å². The van der Waals surface area contributed by atoms with Gasteiger partial charge in [-0.05, 0) is 29.0 Å². The Balaban J connectivity index is 2.12. The number of rotatable bonds is 0. The van der Waals surface area contributed by atoms with Crippen LogP contribution in [0.1, 0.15) is 0 Å². The van der Waals surface area contributed by atoms with Crippen molar-refractivity contribution in [3.63, 3.8) is 0 Å². The monoisotopic (exact) mass is 269 g/mol. The van der Waals surface area contributed by atoms with Crippen LogP contribution in [-0.2, 0) is 0 Å². The third-order valence-electron chi connectivity index (χ3n) is 4.09. The molecule has 1 aliphatic rings. The Bertz CT molecular complexity index is 1060. The maximum atomic E-state index is 4.58. The lowest BCUT2D eigenvalue weighted by Gasteiger charge is -2.17. The van der Waals surface area contributed by atoms with Crippen molar-refractivity contribution < 1.29 is 0 Å². The minimum atomic E-state index is 0.993. The third kappa shape index (κ3) is 1.37. The molecule has 3 heteroatoms. The van der Waals surface area contributed by atoms with Gasteiger partial charge in [0.2, 0.25) is 0 Å². The molecule has 1 aromatic heterocycles. The fraction of sp³-hybridized carbons (Fsp3) is 0. The van der Waals surface area contributed by atoms with Gasteiger partial charge in [0.05, 0.1) is 23.2 Å². The van der Waals surface area contributed by atoms with Crippen molar-refractivity contribution in [1.82, 2.24) is 4.98 Å². The van der Waals surface area contributed by atoms with Gasteiger partial charge in [-0.3, -0.25) is 4.98 Å². The van der Waals surface area contributed by atoms with E-state index in [1.54, 1.807) is 6.34 Å². The van der Waals surface area contributed by atoms with E-state index in [2.05, 4.69) is 57.8 Å². The smallest absolute Gasteiger partial charge is 0.0944 e. The molecular formula is C18H11N3. The molecule has 2 heterocycles. The number of anilines is 1. The normalized spacial score (nSPS) is 13.0. The highest BCUT2D eigenvalue weighted by Gasteiger charge is 2.16. The van der Waals surface area contributed by atoms with Crippen molar-refractivity contribution in [2.75, 3.05) is 5.32 Å². The topological polar surface area (TPSA) is 37.3 Å². The van der Waals surface area contributed by atoms with E-state index >= 15 is 0 Å². The Labute approximate surface area is 121 Å². The van der Waals surface area contributed by atoms with Gasteiger partial charge >= 0.3 is 0 Å². The fourth-order valence-corrected chi connectivity index (χ4v) is 3.19. The number of pyridine rings is 1. The summed E-state index contributed by atoms with van der Waals surface area (Å²) in [5.41, 5.74) is 3.08. The van der Waals surface area contributed by atoms with Crippen LogP contribution in [0.2, 0.25) is 0 Å². The summed E-state index contributed by atoms with van der Waals surface area (Å²) >= 11 is 0. The summed E-state index contributed by atoms with van der Waals surface area (Å²) in [6, 6.07) is 16.9. The number of benzene rings is 3. The van der Waals surface area contributed by atoms with Crippen molar-refractivity contribution in [3.8, 4) is 0 Å². The summed E-state index contributed by atoms with van der Waals surface area (Å²) in [5, 5.41) is 9.17. The first-order chi connectivity index (χ1) is 10.4. The molecule has 0 radical (unpaired) electrons. The molecule has 0 fully saturated rings. The number of hydrogen-bond donors (Lipinski definition) is 1. The Morgan fingerprint density at radius 3 is 2.71 bits per heavy atom. The molecule has 98 valence electrons. The number of hydrogen-bond acceptors (Lipinski definition) is 3. The molecule has 0 amide bonds. The maximum absolute atomic E-state index is 4.58. The van der Waals surface area contributed by atoms with Crippen LogP contribution in [0.4, 0.5) is 11.4 Å². The first-order valence-electron chi connectivity index (χ1n) is 6.94. The van der Waals surface area contributed by atoms with Crippen LogP contribution in [-0.4, -0.2) is 11.3 Å². The van der Waals surface area contributed by atoms with Gasteiger partial charge in [-0.2, -0.15) is 0 Å². The van der Waals surface area contributed by atoms with E-state index in [-0.39, 0.29) is 0 Å². The summed E-state index contributed by atoms with van der Waals surface area (Å²) in [6.07, 6.45) is 3.59. The zero-order chi connectivity index (χ0) is 13.8. The highest BCUT2D eigenvalue weighted by Crippen LogP contribution is 2.43. The molecule has 0 spiro atoms. The van der Waals surface area contributed by atoms with E-state index in [4.69, 9.17) is 0 Å². The minimum absolute atomic E-state index is 0.993. The van der Waals surface area contributed by atoms with Crippen LogP contribution < -0.4 is 5.32 Å². The summed E-state index contributed by atoms with van der Waals surface area (Å²) in [5.74, 6) is 0. The standard InChI is InChI=1S/C18H11N3/c1-2-6-14-11(4-1)8-13-9-12-5-3-7-19-16(12)18-15(13)17(14)20-10-21-18/h1-10H,(H,20,21). The Morgan fingerprint density at radius 1 is 0.857 bits per heavy atom. The second kappa shape index (κ2) is 3.79. The number of fused-ring (bicyclic) bond motifs is 4. The summed E-state index contributed by atoms with van der Waals surface area (Å²) in [7, 11) is 0. The van der Waals surface area contributed by atoms with Gasteiger partial charge in [-0.25, -0.2) is 4.99 Å². The number of aliphatic imine (C=N–C) groups is 1. The van der Waals surface area contributed by atoms with Crippen molar-refractivity contribution in [1.29, 1.82) is 0 Å². The molecule has 0 unspecified atom stereocenters. The lowest BCUT2D eigenvalue weighted by Crippen LogP contribution is -2.02. The Morgan fingerprint density at radius 2 is 1.71 bits per heavy atom. The van der Waals surface area contributed by atoms with Crippen molar-refractivity contribution in [2.24, 2.45) is 4.99 Å². The van der Waals surface area contributed by atoms with Crippen LogP contribution in [0.15, 0.2) is 59.7 Å². The predicted octanol–water partition coefficient (Wildman–Crippen LogP) is 4.63. The molecule has 0 saturated carbocycles. The molecule has 3 nitrogen and oxygen atoms in total. The van der Waals surface area contributed by atoms with Crippen molar-refractivity contribution >= 4 is 50.2 Å². The van der Waals surface area contributed by atoms with E-state index in [9.17, 15) is 0 Å². The second-order valence-corrected chi connectivity index (χ2v) is 5.27. The molecule has 0 atom stereocenters. The Kier molecular flexibility index (Phi) is 1.95.